The quantitative estimate of drug-likeness (QED) is 0.722. The van der Waals surface area contributed by atoms with Crippen LogP contribution in [-0.2, 0) is 6.61 Å². The van der Waals surface area contributed by atoms with Crippen molar-refractivity contribution < 1.29 is 4.74 Å². The Kier molecular flexibility index (Phi) is 4.27. The molecule has 2 rings (SSSR count). The molecule has 0 aromatic heterocycles. The van der Waals surface area contributed by atoms with E-state index >= 15 is 0 Å². The predicted octanol–water partition coefficient (Wildman–Crippen LogP) is 4.80. The number of aryl methyl sites for hydroxylation is 3. The van der Waals surface area contributed by atoms with Crippen LogP contribution >= 0.6 is 22.6 Å². The predicted molar refractivity (Wildman–Crippen MR) is 84.1 cm³/mol. The normalized spacial score (nSPS) is 10.4. The van der Waals surface area contributed by atoms with E-state index in [9.17, 15) is 0 Å². The van der Waals surface area contributed by atoms with Gasteiger partial charge in [0.1, 0.15) is 12.4 Å². The summed E-state index contributed by atoms with van der Waals surface area (Å²) in [5.74, 6) is 0.956. The van der Waals surface area contributed by atoms with Gasteiger partial charge in [-0.1, -0.05) is 29.8 Å². The van der Waals surface area contributed by atoms with Crippen LogP contribution in [0.3, 0.4) is 0 Å². The van der Waals surface area contributed by atoms with E-state index in [2.05, 4.69) is 61.6 Å². The minimum atomic E-state index is 0.637. The number of halogens is 1. The molecular formula is C16H17IO. The maximum absolute atomic E-state index is 5.92. The molecule has 0 fully saturated rings. The second-order valence-corrected chi connectivity index (χ2v) is 5.76. The fourth-order valence-corrected chi connectivity index (χ4v) is 2.69. The Labute approximate surface area is 122 Å². The van der Waals surface area contributed by atoms with Crippen LogP contribution in [0.25, 0.3) is 0 Å². The van der Waals surface area contributed by atoms with Crippen LogP contribution in [0.15, 0.2) is 36.4 Å². The molecule has 94 valence electrons. The monoisotopic (exact) mass is 352 g/mol. The lowest BCUT2D eigenvalue weighted by Crippen LogP contribution is -2.02. The first-order valence-corrected chi connectivity index (χ1v) is 7.10. The van der Waals surface area contributed by atoms with Crippen molar-refractivity contribution in [1.82, 2.24) is 0 Å². The SMILES string of the molecule is Cc1cc(C)c(COc2ccccc2I)c(C)c1. The second-order valence-electron chi connectivity index (χ2n) is 4.60. The number of ether oxygens (including phenoxy) is 1. The molecule has 2 aromatic carbocycles. The second kappa shape index (κ2) is 5.74. The molecule has 0 aliphatic carbocycles. The zero-order valence-corrected chi connectivity index (χ0v) is 13.1. The molecule has 2 aromatic rings. The van der Waals surface area contributed by atoms with E-state index in [0.717, 1.165) is 9.32 Å². The molecule has 0 spiro atoms. The van der Waals surface area contributed by atoms with Crippen LogP contribution in [0, 0.1) is 24.3 Å². The zero-order chi connectivity index (χ0) is 13.1. The molecule has 18 heavy (non-hydrogen) atoms. The summed E-state index contributed by atoms with van der Waals surface area (Å²) in [5.41, 5.74) is 5.21. The van der Waals surface area contributed by atoms with Gasteiger partial charge in [-0.05, 0) is 72.2 Å². The average Bonchev–Trinajstić information content (AvgIpc) is 2.30. The van der Waals surface area contributed by atoms with Crippen molar-refractivity contribution >= 4 is 22.6 Å². The number of rotatable bonds is 3. The van der Waals surface area contributed by atoms with Gasteiger partial charge in [-0.2, -0.15) is 0 Å². The Morgan fingerprint density at radius 2 is 1.61 bits per heavy atom. The number of hydrogen-bond donors (Lipinski definition) is 0. The van der Waals surface area contributed by atoms with Crippen LogP contribution in [0.1, 0.15) is 22.3 Å². The summed E-state index contributed by atoms with van der Waals surface area (Å²) < 4.78 is 7.07. The van der Waals surface area contributed by atoms with Crippen LogP contribution < -0.4 is 4.74 Å². The Hall–Kier alpha value is -1.03. The van der Waals surface area contributed by atoms with Gasteiger partial charge in [0, 0.05) is 0 Å². The maximum atomic E-state index is 5.92. The first kappa shape index (κ1) is 13.4. The fourth-order valence-electron chi connectivity index (χ4n) is 2.15. The minimum absolute atomic E-state index is 0.637. The minimum Gasteiger partial charge on any atom is -0.488 e. The first-order chi connectivity index (χ1) is 8.58. The summed E-state index contributed by atoms with van der Waals surface area (Å²) in [7, 11) is 0. The summed E-state index contributed by atoms with van der Waals surface area (Å²) in [6, 6.07) is 12.5. The molecule has 2 heteroatoms. The smallest absolute Gasteiger partial charge is 0.133 e. The fraction of sp³-hybridized carbons (Fsp3) is 0.250. The Bertz CT molecular complexity index is 538. The Balaban J connectivity index is 2.19. The van der Waals surface area contributed by atoms with Crippen molar-refractivity contribution in [3.63, 3.8) is 0 Å². The number of para-hydroxylation sites is 1. The highest BCUT2D eigenvalue weighted by atomic mass is 127. The number of benzene rings is 2. The lowest BCUT2D eigenvalue weighted by atomic mass is 10.0. The molecule has 0 atom stereocenters. The lowest BCUT2D eigenvalue weighted by molar-refractivity contribution is 0.302. The van der Waals surface area contributed by atoms with E-state index in [1.165, 1.54) is 22.3 Å². The van der Waals surface area contributed by atoms with Crippen molar-refractivity contribution in [2.45, 2.75) is 27.4 Å². The lowest BCUT2D eigenvalue weighted by Gasteiger charge is -2.13. The van der Waals surface area contributed by atoms with Crippen LogP contribution in [0.2, 0.25) is 0 Å². The van der Waals surface area contributed by atoms with E-state index in [1.807, 2.05) is 18.2 Å². The van der Waals surface area contributed by atoms with Gasteiger partial charge in [-0.3, -0.25) is 0 Å². The van der Waals surface area contributed by atoms with Crippen molar-refractivity contribution in [1.29, 1.82) is 0 Å². The van der Waals surface area contributed by atoms with E-state index in [-0.39, 0.29) is 0 Å². The van der Waals surface area contributed by atoms with Gasteiger partial charge in [-0.15, -0.1) is 0 Å². The van der Waals surface area contributed by atoms with Crippen LogP contribution in [0.5, 0.6) is 5.75 Å². The topological polar surface area (TPSA) is 9.23 Å². The summed E-state index contributed by atoms with van der Waals surface area (Å²) in [6.07, 6.45) is 0. The molecule has 0 saturated heterocycles. The van der Waals surface area contributed by atoms with Gasteiger partial charge in [0.2, 0.25) is 0 Å². The summed E-state index contributed by atoms with van der Waals surface area (Å²) in [5, 5.41) is 0. The van der Waals surface area contributed by atoms with Gasteiger partial charge in [0.25, 0.3) is 0 Å². The molecule has 0 bridgehead atoms. The van der Waals surface area contributed by atoms with Crippen LogP contribution in [0.4, 0.5) is 0 Å². The molecule has 0 aliphatic rings. The standard InChI is InChI=1S/C16H17IO/c1-11-8-12(2)14(13(3)9-11)10-18-16-7-5-4-6-15(16)17/h4-9H,10H2,1-3H3. The highest BCUT2D eigenvalue weighted by molar-refractivity contribution is 14.1. The summed E-state index contributed by atoms with van der Waals surface area (Å²) in [4.78, 5) is 0. The number of hydrogen-bond acceptors (Lipinski definition) is 1. The van der Waals surface area contributed by atoms with Crippen LogP contribution in [-0.4, -0.2) is 0 Å². The van der Waals surface area contributed by atoms with Crippen molar-refractivity contribution in [3.8, 4) is 5.75 Å². The Morgan fingerprint density at radius 1 is 1.00 bits per heavy atom. The molecule has 0 N–H and O–H groups in total. The van der Waals surface area contributed by atoms with Gasteiger partial charge in [0.05, 0.1) is 3.57 Å². The molecule has 0 aliphatic heterocycles. The zero-order valence-electron chi connectivity index (χ0n) is 11.0. The van der Waals surface area contributed by atoms with E-state index in [1.54, 1.807) is 0 Å². The molecule has 0 saturated carbocycles. The van der Waals surface area contributed by atoms with Crippen molar-refractivity contribution in [2.24, 2.45) is 0 Å². The highest BCUT2D eigenvalue weighted by Crippen LogP contribution is 2.23. The van der Waals surface area contributed by atoms with Crippen molar-refractivity contribution in [3.05, 3.63) is 62.2 Å². The molecule has 0 radical (unpaired) electrons. The molecule has 0 unspecified atom stereocenters. The highest BCUT2D eigenvalue weighted by Gasteiger charge is 2.06. The summed E-state index contributed by atoms with van der Waals surface area (Å²) in [6.45, 7) is 7.06. The van der Waals surface area contributed by atoms with E-state index in [4.69, 9.17) is 4.74 Å². The maximum Gasteiger partial charge on any atom is 0.133 e. The molecule has 0 heterocycles. The molecule has 0 amide bonds. The summed E-state index contributed by atoms with van der Waals surface area (Å²) >= 11 is 2.30. The largest absolute Gasteiger partial charge is 0.488 e. The first-order valence-electron chi connectivity index (χ1n) is 6.02. The van der Waals surface area contributed by atoms with Gasteiger partial charge >= 0.3 is 0 Å². The molecule has 1 nitrogen and oxygen atoms in total. The van der Waals surface area contributed by atoms with E-state index < -0.39 is 0 Å². The van der Waals surface area contributed by atoms with E-state index in [0.29, 0.717) is 6.61 Å². The third-order valence-corrected chi connectivity index (χ3v) is 3.94. The molecular weight excluding hydrogens is 335 g/mol. The third kappa shape index (κ3) is 3.05. The van der Waals surface area contributed by atoms with Gasteiger partial charge in [-0.25, -0.2) is 0 Å². The van der Waals surface area contributed by atoms with Gasteiger partial charge < -0.3 is 4.74 Å². The third-order valence-electron chi connectivity index (χ3n) is 3.05. The van der Waals surface area contributed by atoms with Crippen molar-refractivity contribution in [2.75, 3.05) is 0 Å². The average molecular weight is 352 g/mol. The Morgan fingerprint density at radius 3 is 2.22 bits per heavy atom. The van der Waals surface area contributed by atoms with Gasteiger partial charge in [0.15, 0.2) is 0 Å².